The summed E-state index contributed by atoms with van der Waals surface area (Å²) >= 11 is 1.10. The van der Waals surface area contributed by atoms with E-state index in [2.05, 4.69) is 14.9 Å². The molecule has 0 radical (unpaired) electrons. The zero-order valence-electron chi connectivity index (χ0n) is 17.6. The van der Waals surface area contributed by atoms with Gasteiger partial charge in [0.25, 0.3) is 11.8 Å². The smallest absolute Gasteiger partial charge is 0.276 e. The summed E-state index contributed by atoms with van der Waals surface area (Å²) in [5.41, 5.74) is 0.815. The van der Waals surface area contributed by atoms with Crippen molar-refractivity contribution in [1.29, 1.82) is 0 Å². The highest BCUT2D eigenvalue weighted by atomic mass is 32.1. The van der Waals surface area contributed by atoms with Crippen LogP contribution in [0.4, 0.5) is 0 Å². The first kappa shape index (κ1) is 21.7. The van der Waals surface area contributed by atoms with Crippen molar-refractivity contribution in [2.75, 3.05) is 6.54 Å². The average molecular weight is 427 g/mol. The van der Waals surface area contributed by atoms with Crippen LogP contribution in [-0.2, 0) is 11.2 Å². The Balaban J connectivity index is 1.98. The molecule has 1 aromatic carbocycles. The Morgan fingerprint density at radius 2 is 1.90 bits per heavy atom. The van der Waals surface area contributed by atoms with Crippen molar-refractivity contribution in [1.82, 2.24) is 19.8 Å². The predicted octanol–water partition coefficient (Wildman–Crippen LogP) is 3.78. The van der Waals surface area contributed by atoms with Gasteiger partial charge in [0.05, 0.1) is 0 Å². The van der Waals surface area contributed by atoms with Crippen molar-refractivity contribution in [2.45, 2.75) is 45.7 Å². The van der Waals surface area contributed by atoms with Gasteiger partial charge >= 0.3 is 0 Å². The third kappa shape index (κ3) is 5.54. The molecule has 0 bridgehead atoms. The number of hydrogen-bond acceptors (Lipinski definition) is 6. The van der Waals surface area contributed by atoms with Gasteiger partial charge in [-0.05, 0) is 63.3 Å². The van der Waals surface area contributed by atoms with Crippen LogP contribution >= 0.6 is 11.5 Å². The number of furan rings is 1. The van der Waals surface area contributed by atoms with Crippen LogP contribution in [0.2, 0.25) is 0 Å². The lowest BCUT2D eigenvalue weighted by Gasteiger charge is -2.32. The second-order valence-corrected chi connectivity index (χ2v) is 8.72. The Bertz CT molecular complexity index is 977. The average Bonchev–Trinajstić information content (AvgIpc) is 3.36. The van der Waals surface area contributed by atoms with Gasteiger partial charge in [-0.1, -0.05) is 34.8 Å². The predicted molar refractivity (Wildman–Crippen MR) is 115 cm³/mol. The molecule has 7 nitrogen and oxygen atoms in total. The molecule has 2 amide bonds. The maximum absolute atomic E-state index is 13.3. The molecule has 3 aromatic rings. The summed E-state index contributed by atoms with van der Waals surface area (Å²) in [7, 11) is 0. The van der Waals surface area contributed by atoms with Crippen LogP contribution in [0.5, 0.6) is 0 Å². The Labute approximate surface area is 180 Å². The third-order valence-corrected chi connectivity index (χ3v) is 4.92. The summed E-state index contributed by atoms with van der Waals surface area (Å²) in [6.45, 7) is 7.83. The first-order valence-electron chi connectivity index (χ1n) is 9.75. The van der Waals surface area contributed by atoms with Gasteiger partial charge in [0.15, 0.2) is 11.7 Å². The maximum Gasteiger partial charge on any atom is 0.276 e. The minimum Gasteiger partial charge on any atom is -0.464 e. The van der Waals surface area contributed by atoms with Gasteiger partial charge in [-0.3, -0.25) is 9.59 Å². The van der Waals surface area contributed by atoms with E-state index in [0.29, 0.717) is 24.5 Å². The summed E-state index contributed by atoms with van der Waals surface area (Å²) in [5, 5.41) is 8.49. The van der Waals surface area contributed by atoms with E-state index in [-0.39, 0.29) is 17.5 Å². The van der Waals surface area contributed by atoms with Gasteiger partial charge < -0.3 is 14.6 Å². The zero-order valence-corrected chi connectivity index (χ0v) is 18.4. The van der Waals surface area contributed by atoms with E-state index in [9.17, 15) is 9.59 Å². The SMILES string of the molecule is Cc1ccc(C(C(=O)NC(C)(C)C)N(CCc2ccccc2)C(=O)c2csnn2)o1. The van der Waals surface area contributed by atoms with E-state index in [1.165, 1.54) is 4.90 Å². The molecule has 0 aliphatic rings. The van der Waals surface area contributed by atoms with Gasteiger partial charge in [0, 0.05) is 17.5 Å². The molecular formula is C22H26N4O3S. The topological polar surface area (TPSA) is 88.3 Å². The highest BCUT2D eigenvalue weighted by Gasteiger charge is 2.36. The van der Waals surface area contributed by atoms with Crippen LogP contribution in [0.3, 0.4) is 0 Å². The van der Waals surface area contributed by atoms with Gasteiger partial charge in [-0.15, -0.1) is 5.10 Å². The number of carbonyl (C=O) groups is 2. The third-order valence-electron chi connectivity index (χ3n) is 4.41. The standard InChI is InChI=1S/C22H26N4O3S/c1-15-10-11-18(29-15)19(20(27)23-22(2,3)4)26(21(28)17-14-30-25-24-17)13-12-16-8-6-5-7-9-16/h5-11,14,19H,12-13H2,1-4H3,(H,23,27). The summed E-state index contributed by atoms with van der Waals surface area (Å²) in [6, 6.07) is 12.4. The number of aryl methyl sites for hydroxylation is 1. The van der Waals surface area contributed by atoms with E-state index >= 15 is 0 Å². The molecule has 3 rings (SSSR count). The van der Waals surface area contributed by atoms with Crippen LogP contribution in [-0.4, -0.2) is 38.4 Å². The molecule has 1 unspecified atom stereocenters. The number of rotatable bonds is 7. The lowest BCUT2D eigenvalue weighted by atomic mass is 10.0. The number of benzene rings is 1. The lowest BCUT2D eigenvalue weighted by molar-refractivity contribution is -0.128. The van der Waals surface area contributed by atoms with Gasteiger partial charge in [-0.2, -0.15) is 0 Å². The Morgan fingerprint density at radius 3 is 2.47 bits per heavy atom. The molecule has 0 spiro atoms. The molecule has 2 aromatic heterocycles. The molecular weight excluding hydrogens is 400 g/mol. The Kier molecular flexibility index (Phi) is 6.66. The maximum atomic E-state index is 13.3. The van der Waals surface area contributed by atoms with Crippen LogP contribution in [0, 0.1) is 6.92 Å². The van der Waals surface area contributed by atoms with Crippen molar-refractivity contribution < 1.29 is 14.0 Å². The monoisotopic (exact) mass is 426 g/mol. The first-order chi connectivity index (χ1) is 14.2. The molecule has 158 valence electrons. The summed E-state index contributed by atoms with van der Waals surface area (Å²) in [4.78, 5) is 28.1. The second-order valence-electron chi connectivity index (χ2n) is 8.11. The zero-order chi connectivity index (χ0) is 21.7. The van der Waals surface area contributed by atoms with Crippen molar-refractivity contribution in [3.8, 4) is 0 Å². The Morgan fingerprint density at radius 1 is 1.17 bits per heavy atom. The van der Waals surface area contributed by atoms with E-state index in [1.54, 1.807) is 17.5 Å². The molecule has 0 aliphatic heterocycles. The molecule has 8 heteroatoms. The molecule has 1 N–H and O–H groups in total. The van der Waals surface area contributed by atoms with E-state index in [4.69, 9.17) is 4.42 Å². The molecule has 30 heavy (non-hydrogen) atoms. The molecule has 0 fully saturated rings. The van der Waals surface area contributed by atoms with E-state index in [0.717, 1.165) is 17.1 Å². The number of aromatic nitrogens is 2. The highest BCUT2D eigenvalue weighted by Crippen LogP contribution is 2.26. The molecule has 0 saturated heterocycles. The van der Waals surface area contributed by atoms with Gasteiger partial charge in [-0.25, -0.2) is 0 Å². The highest BCUT2D eigenvalue weighted by molar-refractivity contribution is 7.03. The van der Waals surface area contributed by atoms with Gasteiger partial charge in [0.2, 0.25) is 0 Å². The first-order valence-corrected chi connectivity index (χ1v) is 10.6. The van der Waals surface area contributed by atoms with Crippen molar-refractivity contribution in [2.24, 2.45) is 0 Å². The minimum absolute atomic E-state index is 0.213. The minimum atomic E-state index is -0.921. The number of hydrogen-bond donors (Lipinski definition) is 1. The van der Waals surface area contributed by atoms with Crippen molar-refractivity contribution in [3.05, 3.63) is 70.6 Å². The van der Waals surface area contributed by atoms with Crippen LogP contribution in [0.1, 0.15) is 54.4 Å². The summed E-state index contributed by atoms with van der Waals surface area (Å²) in [6.07, 6.45) is 0.586. The largest absolute Gasteiger partial charge is 0.464 e. The molecule has 2 heterocycles. The summed E-state index contributed by atoms with van der Waals surface area (Å²) in [5.74, 6) is 0.424. The van der Waals surface area contributed by atoms with Crippen LogP contribution in [0.25, 0.3) is 0 Å². The van der Waals surface area contributed by atoms with E-state index in [1.807, 2.05) is 58.0 Å². The van der Waals surface area contributed by atoms with Crippen LogP contribution in [0.15, 0.2) is 52.3 Å². The lowest BCUT2D eigenvalue weighted by Crippen LogP contribution is -2.49. The second kappa shape index (κ2) is 9.21. The summed E-state index contributed by atoms with van der Waals surface area (Å²) < 4.78 is 9.60. The normalized spacial score (nSPS) is 12.4. The number of nitrogens with one attached hydrogen (secondary N) is 1. The fourth-order valence-corrected chi connectivity index (χ4v) is 3.54. The van der Waals surface area contributed by atoms with Crippen molar-refractivity contribution in [3.63, 3.8) is 0 Å². The fraction of sp³-hybridized carbons (Fsp3) is 0.364. The van der Waals surface area contributed by atoms with Crippen LogP contribution < -0.4 is 5.32 Å². The van der Waals surface area contributed by atoms with Gasteiger partial charge in [0.1, 0.15) is 11.5 Å². The number of amides is 2. The molecule has 0 aliphatic carbocycles. The number of nitrogens with zero attached hydrogens (tertiary/aromatic N) is 3. The Hall–Kier alpha value is -3.00. The quantitative estimate of drug-likeness (QED) is 0.621. The molecule has 1 atom stereocenters. The van der Waals surface area contributed by atoms with Crippen molar-refractivity contribution >= 4 is 23.3 Å². The number of carbonyl (C=O) groups excluding carboxylic acids is 2. The van der Waals surface area contributed by atoms with E-state index < -0.39 is 11.6 Å². The molecule has 0 saturated carbocycles. The fourth-order valence-electron chi connectivity index (χ4n) is 3.11.